The molecule has 1 unspecified atom stereocenters. The van der Waals surface area contributed by atoms with Crippen LogP contribution in [0.2, 0.25) is 0 Å². The first-order chi connectivity index (χ1) is 10.2. The maximum absolute atomic E-state index is 5.45. The molecule has 0 aliphatic rings. The van der Waals surface area contributed by atoms with Crippen molar-refractivity contribution in [2.24, 2.45) is 0 Å². The fourth-order valence-electron chi connectivity index (χ4n) is 2.32. The van der Waals surface area contributed by atoms with Gasteiger partial charge in [-0.2, -0.15) is 0 Å². The zero-order valence-corrected chi connectivity index (χ0v) is 14.1. The molecule has 0 amide bonds. The molecule has 0 saturated carbocycles. The summed E-state index contributed by atoms with van der Waals surface area (Å²) in [7, 11) is 1.69. The van der Waals surface area contributed by atoms with Crippen molar-refractivity contribution in [1.29, 1.82) is 0 Å². The number of rotatable bonds is 7. The van der Waals surface area contributed by atoms with Crippen molar-refractivity contribution in [3.05, 3.63) is 58.3 Å². The summed E-state index contributed by atoms with van der Waals surface area (Å²) in [6, 6.07) is 10.7. The zero-order valence-electron chi connectivity index (χ0n) is 12.5. The van der Waals surface area contributed by atoms with E-state index in [0.717, 1.165) is 35.2 Å². The fraction of sp³-hybridized carbons (Fsp3) is 0.353. The van der Waals surface area contributed by atoms with Crippen molar-refractivity contribution in [3.63, 3.8) is 0 Å². The van der Waals surface area contributed by atoms with Gasteiger partial charge in [-0.15, -0.1) is 0 Å². The molecule has 4 heteroatoms. The van der Waals surface area contributed by atoms with Crippen LogP contribution in [0.1, 0.15) is 30.5 Å². The second kappa shape index (κ2) is 8.15. The highest BCUT2D eigenvalue weighted by Gasteiger charge is 2.16. The maximum Gasteiger partial charge on any atom is 0.141 e. The minimum absolute atomic E-state index is 0.226. The third kappa shape index (κ3) is 4.55. The second-order valence-corrected chi connectivity index (χ2v) is 5.87. The van der Waals surface area contributed by atoms with Gasteiger partial charge in [0.2, 0.25) is 0 Å². The lowest BCUT2D eigenvalue weighted by Gasteiger charge is -2.21. The van der Waals surface area contributed by atoms with E-state index in [2.05, 4.69) is 57.4 Å². The van der Waals surface area contributed by atoms with Crippen molar-refractivity contribution in [2.75, 3.05) is 13.7 Å². The predicted octanol–water partition coefficient (Wildman–Crippen LogP) is 4.14. The molecule has 0 saturated heterocycles. The summed E-state index contributed by atoms with van der Waals surface area (Å²) in [6.07, 6.45) is 5.62. The third-order valence-corrected chi connectivity index (χ3v) is 3.93. The Bertz CT molecular complexity index is 557. The Balaban J connectivity index is 2.23. The van der Waals surface area contributed by atoms with E-state index in [-0.39, 0.29) is 6.04 Å². The summed E-state index contributed by atoms with van der Waals surface area (Å²) in [6.45, 7) is 3.15. The van der Waals surface area contributed by atoms with Gasteiger partial charge in [0.15, 0.2) is 0 Å². The van der Waals surface area contributed by atoms with Crippen LogP contribution >= 0.6 is 15.9 Å². The molecular formula is C17H21BrN2O. The summed E-state index contributed by atoms with van der Waals surface area (Å²) >= 11 is 3.48. The summed E-state index contributed by atoms with van der Waals surface area (Å²) in [5.74, 6) is 0.836. The molecule has 21 heavy (non-hydrogen) atoms. The van der Waals surface area contributed by atoms with Gasteiger partial charge in [0, 0.05) is 22.3 Å². The Labute approximate surface area is 134 Å². The Kier molecular flexibility index (Phi) is 6.21. The standard InChI is InChI=1S/C17H21BrN2O/c1-3-9-20-16(11-13-4-6-14(18)7-5-13)15-8-10-19-12-17(15)21-2/h4-8,10,12,16,20H,3,9,11H2,1-2H3. The molecule has 2 rings (SSSR count). The number of methoxy groups -OCH3 is 1. The summed E-state index contributed by atoms with van der Waals surface area (Å²) < 4.78 is 6.56. The largest absolute Gasteiger partial charge is 0.495 e. The maximum atomic E-state index is 5.45. The van der Waals surface area contributed by atoms with Gasteiger partial charge in [0.25, 0.3) is 0 Å². The smallest absolute Gasteiger partial charge is 0.141 e. The number of nitrogens with one attached hydrogen (secondary N) is 1. The number of pyridine rings is 1. The number of hydrogen-bond donors (Lipinski definition) is 1. The highest BCUT2D eigenvalue weighted by atomic mass is 79.9. The minimum atomic E-state index is 0.226. The fourth-order valence-corrected chi connectivity index (χ4v) is 2.58. The van der Waals surface area contributed by atoms with Crippen LogP contribution in [-0.2, 0) is 6.42 Å². The van der Waals surface area contributed by atoms with Gasteiger partial charge in [-0.1, -0.05) is 35.0 Å². The number of aromatic nitrogens is 1. The Morgan fingerprint density at radius 3 is 2.67 bits per heavy atom. The quantitative estimate of drug-likeness (QED) is 0.816. The lowest BCUT2D eigenvalue weighted by Crippen LogP contribution is -2.24. The number of benzene rings is 1. The lowest BCUT2D eigenvalue weighted by atomic mass is 9.99. The first-order valence-corrected chi connectivity index (χ1v) is 7.99. The van der Waals surface area contributed by atoms with E-state index in [1.165, 1.54) is 5.56 Å². The first-order valence-electron chi connectivity index (χ1n) is 7.20. The van der Waals surface area contributed by atoms with Crippen LogP contribution in [0, 0.1) is 0 Å². The number of halogens is 1. The molecular weight excluding hydrogens is 328 g/mol. The summed E-state index contributed by atoms with van der Waals surface area (Å²) in [4.78, 5) is 4.14. The van der Waals surface area contributed by atoms with Gasteiger partial charge >= 0.3 is 0 Å². The van der Waals surface area contributed by atoms with E-state index < -0.39 is 0 Å². The van der Waals surface area contributed by atoms with Crippen molar-refractivity contribution in [3.8, 4) is 5.75 Å². The molecule has 0 spiro atoms. The third-order valence-electron chi connectivity index (χ3n) is 3.41. The molecule has 1 atom stereocenters. The summed E-state index contributed by atoms with van der Waals surface area (Å²) in [5.41, 5.74) is 2.45. The number of nitrogens with zero attached hydrogens (tertiary/aromatic N) is 1. The van der Waals surface area contributed by atoms with Crippen LogP contribution in [-0.4, -0.2) is 18.6 Å². The Morgan fingerprint density at radius 2 is 2.00 bits per heavy atom. The van der Waals surface area contributed by atoms with Crippen LogP contribution in [0.25, 0.3) is 0 Å². The van der Waals surface area contributed by atoms with Crippen molar-refractivity contribution in [1.82, 2.24) is 10.3 Å². The molecule has 0 aliphatic carbocycles. The normalized spacial score (nSPS) is 12.1. The van der Waals surface area contributed by atoms with Gasteiger partial charge in [-0.25, -0.2) is 0 Å². The van der Waals surface area contributed by atoms with Crippen LogP contribution in [0.5, 0.6) is 5.75 Å². The molecule has 2 aromatic rings. The van der Waals surface area contributed by atoms with E-state index in [9.17, 15) is 0 Å². The molecule has 1 heterocycles. The topological polar surface area (TPSA) is 34.2 Å². The van der Waals surface area contributed by atoms with Crippen LogP contribution in [0.3, 0.4) is 0 Å². The molecule has 0 bridgehead atoms. The minimum Gasteiger partial charge on any atom is -0.495 e. The van der Waals surface area contributed by atoms with E-state index in [0.29, 0.717) is 0 Å². The molecule has 0 radical (unpaired) electrons. The SMILES string of the molecule is CCCNC(Cc1ccc(Br)cc1)c1ccncc1OC. The average Bonchev–Trinajstić information content (AvgIpc) is 2.53. The van der Waals surface area contributed by atoms with E-state index in [4.69, 9.17) is 4.74 Å². The van der Waals surface area contributed by atoms with Crippen molar-refractivity contribution < 1.29 is 4.74 Å². The molecule has 0 fully saturated rings. The summed E-state index contributed by atoms with van der Waals surface area (Å²) in [5, 5.41) is 3.60. The van der Waals surface area contributed by atoms with Crippen LogP contribution in [0.15, 0.2) is 47.2 Å². The van der Waals surface area contributed by atoms with Gasteiger partial charge in [0.1, 0.15) is 5.75 Å². The van der Waals surface area contributed by atoms with Crippen LogP contribution in [0.4, 0.5) is 0 Å². The van der Waals surface area contributed by atoms with E-state index in [1.54, 1.807) is 13.3 Å². The second-order valence-electron chi connectivity index (χ2n) is 4.95. The molecule has 0 aliphatic heterocycles. The van der Waals surface area contributed by atoms with E-state index in [1.807, 2.05) is 12.3 Å². The monoisotopic (exact) mass is 348 g/mol. The molecule has 1 aromatic heterocycles. The molecule has 1 aromatic carbocycles. The van der Waals surface area contributed by atoms with Crippen LogP contribution < -0.4 is 10.1 Å². The molecule has 112 valence electrons. The highest BCUT2D eigenvalue weighted by molar-refractivity contribution is 9.10. The van der Waals surface area contributed by atoms with Crippen molar-refractivity contribution >= 4 is 15.9 Å². The first kappa shape index (κ1) is 16.0. The Hall–Kier alpha value is -1.39. The number of hydrogen-bond acceptors (Lipinski definition) is 3. The number of ether oxygens (including phenoxy) is 1. The Morgan fingerprint density at radius 1 is 1.24 bits per heavy atom. The van der Waals surface area contributed by atoms with E-state index >= 15 is 0 Å². The van der Waals surface area contributed by atoms with Gasteiger partial charge in [-0.3, -0.25) is 4.98 Å². The molecule has 1 N–H and O–H groups in total. The van der Waals surface area contributed by atoms with Gasteiger partial charge in [-0.05, 0) is 43.1 Å². The molecule has 3 nitrogen and oxygen atoms in total. The van der Waals surface area contributed by atoms with Gasteiger partial charge < -0.3 is 10.1 Å². The average molecular weight is 349 g/mol. The van der Waals surface area contributed by atoms with Gasteiger partial charge in [0.05, 0.1) is 13.3 Å². The predicted molar refractivity (Wildman–Crippen MR) is 89.7 cm³/mol. The lowest BCUT2D eigenvalue weighted by molar-refractivity contribution is 0.396. The van der Waals surface area contributed by atoms with Crippen molar-refractivity contribution in [2.45, 2.75) is 25.8 Å². The highest BCUT2D eigenvalue weighted by Crippen LogP contribution is 2.27. The zero-order chi connectivity index (χ0) is 15.1.